The summed E-state index contributed by atoms with van der Waals surface area (Å²) in [4.78, 5) is 23.3. The van der Waals surface area contributed by atoms with Gasteiger partial charge in [0, 0.05) is 0 Å². The monoisotopic (exact) mass is 293 g/mol. The average molecular weight is 293 g/mol. The molecule has 0 aromatic heterocycles. The number of hydrogen-bond donors (Lipinski definition) is 2. The van der Waals surface area contributed by atoms with Gasteiger partial charge < -0.3 is 15.6 Å². The van der Waals surface area contributed by atoms with E-state index in [9.17, 15) is 14.7 Å². The second-order valence-electron chi connectivity index (χ2n) is 6.19. The minimum Gasteiger partial charge on any atom is -0.481 e. The van der Waals surface area contributed by atoms with Crippen LogP contribution in [0, 0.1) is 12.8 Å². The van der Waals surface area contributed by atoms with Crippen LogP contribution in [0.2, 0.25) is 0 Å². The maximum absolute atomic E-state index is 11.9. The zero-order valence-corrected chi connectivity index (χ0v) is 12.9. The minimum atomic E-state index is -1.19. The standard InChI is InChI=1S/C16H23NO4/c1-10-5-7-11(8-6-10)9-12(14(18)19)13(17)15(20)21-16(2,3)4/h5-8,12-13H,9,17H2,1-4H3,(H,18,19). The van der Waals surface area contributed by atoms with E-state index in [0.717, 1.165) is 11.1 Å². The van der Waals surface area contributed by atoms with Crippen LogP contribution in [0.5, 0.6) is 0 Å². The Morgan fingerprint density at radius 1 is 1.24 bits per heavy atom. The highest BCUT2D eigenvalue weighted by Gasteiger charge is 2.33. The molecule has 2 atom stereocenters. The molecule has 0 aliphatic carbocycles. The fourth-order valence-corrected chi connectivity index (χ4v) is 1.88. The van der Waals surface area contributed by atoms with Gasteiger partial charge in [0.2, 0.25) is 0 Å². The molecule has 0 fully saturated rings. The van der Waals surface area contributed by atoms with Gasteiger partial charge in [0.25, 0.3) is 0 Å². The predicted octanol–water partition coefficient (Wildman–Crippen LogP) is 1.91. The average Bonchev–Trinajstić information content (AvgIpc) is 2.34. The molecule has 21 heavy (non-hydrogen) atoms. The van der Waals surface area contributed by atoms with Crippen LogP contribution in [0.4, 0.5) is 0 Å². The summed E-state index contributed by atoms with van der Waals surface area (Å²) >= 11 is 0. The highest BCUT2D eigenvalue weighted by molar-refractivity contribution is 5.84. The molecular weight excluding hydrogens is 270 g/mol. The molecule has 0 aliphatic rings. The number of esters is 1. The molecule has 116 valence electrons. The largest absolute Gasteiger partial charge is 0.481 e. The molecule has 0 radical (unpaired) electrons. The van der Waals surface area contributed by atoms with E-state index in [4.69, 9.17) is 10.5 Å². The van der Waals surface area contributed by atoms with Crippen molar-refractivity contribution in [3.63, 3.8) is 0 Å². The van der Waals surface area contributed by atoms with Gasteiger partial charge in [-0.2, -0.15) is 0 Å². The van der Waals surface area contributed by atoms with Crippen LogP contribution in [-0.2, 0) is 20.7 Å². The van der Waals surface area contributed by atoms with Gasteiger partial charge in [0.05, 0.1) is 5.92 Å². The Morgan fingerprint density at radius 2 is 1.76 bits per heavy atom. The SMILES string of the molecule is Cc1ccc(CC(C(=O)O)C(N)C(=O)OC(C)(C)C)cc1. The minimum absolute atomic E-state index is 0.190. The fourth-order valence-electron chi connectivity index (χ4n) is 1.88. The zero-order chi connectivity index (χ0) is 16.2. The van der Waals surface area contributed by atoms with Gasteiger partial charge in [-0.05, 0) is 39.7 Å². The Bertz CT molecular complexity index is 502. The van der Waals surface area contributed by atoms with E-state index in [1.165, 1.54) is 0 Å². The summed E-state index contributed by atoms with van der Waals surface area (Å²) < 4.78 is 5.16. The number of nitrogens with two attached hydrogens (primary N) is 1. The van der Waals surface area contributed by atoms with Crippen LogP contribution < -0.4 is 5.73 Å². The van der Waals surface area contributed by atoms with Gasteiger partial charge in [-0.15, -0.1) is 0 Å². The van der Waals surface area contributed by atoms with Crippen molar-refractivity contribution in [2.24, 2.45) is 11.7 Å². The van der Waals surface area contributed by atoms with Gasteiger partial charge in [0.15, 0.2) is 0 Å². The summed E-state index contributed by atoms with van der Waals surface area (Å²) in [6.07, 6.45) is 0.190. The molecule has 1 rings (SSSR count). The summed E-state index contributed by atoms with van der Waals surface area (Å²) in [5.74, 6) is -2.81. The van der Waals surface area contributed by atoms with Crippen molar-refractivity contribution in [1.82, 2.24) is 0 Å². The molecule has 0 bridgehead atoms. The number of aliphatic carboxylic acids is 1. The lowest BCUT2D eigenvalue weighted by molar-refractivity contribution is -0.161. The van der Waals surface area contributed by atoms with Crippen LogP contribution in [0.1, 0.15) is 31.9 Å². The first-order valence-electron chi connectivity index (χ1n) is 6.87. The predicted molar refractivity (Wildman–Crippen MR) is 79.8 cm³/mol. The first-order valence-corrected chi connectivity index (χ1v) is 6.87. The molecule has 1 aromatic rings. The molecule has 0 spiro atoms. The molecule has 0 amide bonds. The number of carboxylic acid groups (broad SMARTS) is 1. The summed E-state index contributed by atoms with van der Waals surface area (Å²) in [6, 6.07) is 6.28. The van der Waals surface area contributed by atoms with Crippen molar-refractivity contribution >= 4 is 11.9 Å². The Morgan fingerprint density at radius 3 is 2.19 bits per heavy atom. The van der Waals surface area contributed by atoms with E-state index in [-0.39, 0.29) is 6.42 Å². The van der Waals surface area contributed by atoms with Crippen LogP contribution in [0.25, 0.3) is 0 Å². The number of benzene rings is 1. The number of ether oxygens (including phenoxy) is 1. The third-order valence-corrected chi connectivity index (χ3v) is 3.01. The number of aryl methyl sites for hydroxylation is 1. The van der Waals surface area contributed by atoms with E-state index in [1.54, 1.807) is 20.8 Å². The molecule has 5 nitrogen and oxygen atoms in total. The lowest BCUT2D eigenvalue weighted by Crippen LogP contribution is -2.46. The fraction of sp³-hybridized carbons (Fsp3) is 0.500. The maximum atomic E-state index is 11.9. The molecule has 1 aromatic carbocycles. The number of carbonyl (C=O) groups is 2. The molecule has 0 heterocycles. The number of hydrogen-bond acceptors (Lipinski definition) is 4. The molecule has 0 saturated heterocycles. The highest BCUT2D eigenvalue weighted by Crippen LogP contribution is 2.16. The highest BCUT2D eigenvalue weighted by atomic mass is 16.6. The van der Waals surface area contributed by atoms with Crippen molar-refractivity contribution in [2.45, 2.75) is 45.8 Å². The topological polar surface area (TPSA) is 89.6 Å². The molecular formula is C16H23NO4. The third-order valence-electron chi connectivity index (χ3n) is 3.01. The second kappa shape index (κ2) is 6.72. The van der Waals surface area contributed by atoms with Crippen molar-refractivity contribution in [2.75, 3.05) is 0 Å². The van der Waals surface area contributed by atoms with Gasteiger partial charge in [-0.3, -0.25) is 9.59 Å². The Kier molecular flexibility index (Phi) is 5.49. The maximum Gasteiger partial charge on any atom is 0.324 e. The van der Waals surface area contributed by atoms with E-state index in [0.29, 0.717) is 0 Å². The van der Waals surface area contributed by atoms with Crippen molar-refractivity contribution in [3.05, 3.63) is 35.4 Å². The van der Waals surface area contributed by atoms with Gasteiger partial charge in [-0.25, -0.2) is 0 Å². The molecule has 0 saturated carbocycles. The quantitative estimate of drug-likeness (QED) is 0.809. The molecule has 3 N–H and O–H groups in total. The van der Waals surface area contributed by atoms with Crippen molar-refractivity contribution in [1.29, 1.82) is 0 Å². The van der Waals surface area contributed by atoms with Crippen molar-refractivity contribution in [3.8, 4) is 0 Å². The zero-order valence-electron chi connectivity index (χ0n) is 12.9. The summed E-state index contributed by atoms with van der Waals surface area (Å²) in [7, 11) is 0. The number of carbonyl (C=O) groups excluding carboxylic acids is 1. The Labute approximate surface area is 125 Å². The van der Waals surface area contributed by atoms with Crippen molar-refractivity contribution < 1.29 is 19.4 Å². The summed E-state index contributed by atoms with van der Waals surface area (Å²) in [5.41, 5.74) is 7.01. The number of rotatable bonds is 5. The lowest BCUT2D eigenvalue weighted by atomic mass is 9.92. The van der Waals surface area contributed by atoms with Gasteiger partial charge in [-0.1, -0.05) is 29.8 Å². The van der Waals surface area contributed by atoms with E-state index >= 15 is 0 Å². The first kappa shape index (κ1) is 17.2. The smallest absolute Gasteiger partial charge is 0.324 e. The first-order chi connectivity index (χ1) is 9.60. The van der Waals surface area contributed by atoms with E-state index in [2.05, 4.69) is 0 Å². The Balaban J connectivity index is 2.83. The van der Waals surface area contributed by atoms with Crippen LogP contribution in [0.3, 0.4) is 0 Å². The van der Waals surface area contributed by atoms with Crippen LogP contribution in [-0.4, -0.2) is 28.7 Å². The summed E-state index contributed by atoms with van der Waals surface area (Å²) in [5, 5.41) is 9.32. The molecule has 5 heteroatoms. The third kappa shape index (κ3) is 5.55. The molecule has 0 aliphatic heterocycles. The van der Waals surface area contributed by atoms with Crippen LogP contribution in [0.15, 0.2) is 24.3 Å². The van der Waals surface area contributed by atoms with E-state index < -0.39 is 29.5 Å². The molecule has 2 unspecified atom stereocenters. The van der Waals surface area contributed by atoms with Gasteiger partial charge in [0.1, 0.15) is 11.6 Å². The normalized spacial score (nSPS) is 14.3. The van der Waals surface area contributed by atoms with Crippen LogP contribution >= 0.6 is 0 Å². The van der Waals surface area contributed by atoms with E-state index in [1.807, 2.05) is 31.2 Å². The lowest BCUT2D eigenvalue weighted by Gasteiger charge is -2.25. The second-order valence-corrected chi connectivity index (χ2v) is 6.19. The Hall–Kier alpha value is -1.88. The van der Waals surface area contributed by atoms with Gasteiger partial charge >= 0.3 is 11.9 Å². The summed E-state index contributed by atoms with van der Waals surface area (Å²) in [6.45, 7) is 7.10. The number of carboxylic acids is 1.